The zero-order valence-electron chi connectivity index (χ0n) is 15.0. The minimum Gasteiger partial charge on any atom is -0.442 e. The van der Waals surface area contributed by atoms with Crippen molar-refractivity contribution in [2.75, 3.05) is 0 Å². The summed E-state index contributed by atoms with van der Waals surface area (Å²) in [5.41, 5.74) is 1.45. The van der Waals surface area contributed by atoms with E-state index in [4.69, 9.17) is 14.3 Å². The van der Waals surface area contributed by atoms with Crippen LogP contribution in [0.25, 0.3) is 0 Å². The van der Waals surface area contributed by atoms with Crippen LogP contribution in [0.4, 0.5) is 9.59 Å². The molecule has 142 valence electrons. The third-order valence-corrected chi connectivity index (χ3v) is 3.39. The van der Waals surface area contributed by atoms with Crippen molar-refractivity contribution in [3.8, 4) is 0 Å². The second kappa shape index (κ2) is 10.6. The Morgan fingerprint density at radius 1 is 0.778 bits per heavy atom. The third kappa shape index (κ3) is 6.81. The Balaban J connectivity index is 1.98. The van der Waals surface area contributed by atoms with Gasteiger partial charge in [-0.2, -0.15) is 0 Å². The molecule has 0 aliphatic rings. The monoisotopic (exact) mass is 371 g/mol. The summed E-state index contributed by atoms with van der Waals surface area (Å²) in [6.07, 6.45) is -1.69. The first-order valence-corrected chi connectivity index (χ1v) is 8.52. The molecule has 0 aliphatic heterocycles. The zero-order valence-corrected chi connectivity index (χ0v) is 15.0. The van der Waals surface area contributed by atoms with Crippen molar-refractivity contribution in [3.05, 3.63) is 71.8 Å². The van der Waals surface area contributed by atoms with Crippen LogP contribution in [0.1, 0.15) is 30.9 Å². The lowest BCUT2D eigenvalue weighted by atomic mass is 10.2. The molecule has 0 spiro atoms. The number of carbonyl (C=O) groups excluding carboxylic acids is 3. The quantitative estimate of drug-likeness (QED) is 0.707. The van der Waals surface area contributed by atoms with E-state index in [1.807, 2.05) is 12.1 Å². The van der Waals surface area contributed by atoms with Crippen molar-refractivity contribution < 1.29 is 28.7 Å². The highest BCUT2D eigenvalue weighted by Crippen LogP contribution is 2.09. The van der Waals surface area contributed by atoms with Gasteiger partial charge in [-0.05, 0) is 22.6 Å². The summed E-state index contributed by atoms with van der Waals surface area (Å²) in [6, 6.07) is 17.8. The number of carbonyl (C=O) groups is 3. The molecule has 2 aromatic rings. The molecule has 7 nitrogen and oxygen atoms in total. The molecule has 0 saturated heterocycles. The van der Waals surface area contributed by atoms with Crippen LogP contribution in [0, 0.1) is 0 Å². The van der Waals surface area contributed by atoms with Gasteiger partial charge in [-0.15, -0.1) is 0 Å². The highest BCUT2D eigenvalue weighted by molar-refractivity contribution is 5.88. The third-order valence-electron chi connectivity index (χ3n) is 3.39. The molecule has 2 rings (SSSR count). The number of nitrogens with zero attached hydrogens (tertiary/aromatic N) is 1. The maximum absolute atomic E-state index is 12.2. The molecule has 27 heavy (non-hydrogen) atoms. The van der Waals surface area contributed by atoms with Crippen LogP contribution in [0.2, 0.25) is 0 Å². The summed E-state index contributed by atoms with van der Waals surface area (Å²) in [5, 5.41) is 0.212. The van der Waals surface area contributed by atoms with Crippen molar-refractivity contribution in [2.45, 2.75) is 33.0 Å². The largest absolute Gasteiger partial charge is 0.454 e. The molecule has 0 atom stereocenters. The molecule has 0 N–H and O–H groups in total. The summed E-state index contributed by atoms with van der Waals surface area (Å²) < 4.78 is 10.1. The first kappa shape index (κ1) is 20.0. The van der Waals surface area contributed by atoms with E-state index in [9.17, 15) is 14.4 Å². The molecule has 0 heterocycles. The SMILES string of the molecule is CCCC(=O)ON(C(=O)OCc1ccccc1)C(=O)OCc1ccccc1. The van der Waals surface area contributed by atoms with Gasteiger partial charge in [0.2, 0.25) is 0 Å². The fraction of sp³-hybridized carbons (Fsp3) is 0.250. The van der Waals surface area contributed by atoms with Gasteiger partial charge in [0.15, 0.2) is 0 Å². The zero-order chi connectivity index (χ0) is 19.5. The average Bonchev–Trinajstić information content (AvgIpc) is 2.70. The first-order chi connectivity index (χ1) is 13.1. The van der Waals surface area contributed by atoms with E-state index in [0.717, 1.165) is 11.1 Å². The van der Waals surface area contributed by atoms with Gasteiger partial charge in [0.25, 0.3) is 0 Å². The van der Waals surface area contributed by atoms with E-state index in [1.165, 1.54) is 0 Å². The molecular formula is C20H21NO6. The van der Waals surface area contributed by atoms with Crippen LogP contribution in [0.5, 0.6) is 0 Å². The summed E-state index contributed by atoms with van der Waals surface area (Å²) in [4.78, 5) is 41.0. The van der Waals surface area contributed by atoms with Crippen LogP contribution in [-0.4, -0.2) is 23.2 Å². The molecule has 7 heteroatoms. The smallest absolute Gasteiger partial charge is 0.442 e. The number of rotatable bonds is 6. The van der Waals surface area contributed by atoms with Gasteiger partial charge in [-0.1, -0.05) is 67.6 Å². The summed E-state index contributed by atoms with van der Waals surface area (Å²) in [5.74, 6) is -0.731. The highest BCUT2D eigenvalue weighted by Gasteiger charge is 2.29. The fourth-order valence-electron chi connectivity index (χ4n) is 2.06. The van der Waals surface area contributed by atoms with Crippen molar-refractivity contribution in [3.63, 3.8) is 0 Å². The number of amides is 2. The van der Waals surface area contributed by atoms with Gasteiger partial charge < -0.3 is 14.3 Å². The van der Waals surface area contributed by atoms with Crippen molar-refractivity contribution in [1.82, 2.24) is 5.06 Å². The molecule has 2 amide bonds. The van der Waals surface area contributed by atoms with Crippen LogP contribution in [0.3, 0.4) is 0 Å². The van der Waals surface area contributed by atoms with Crippen LogP contribution in [0.15, 0.2) is 60.7 Å². The maximum Gasteiger partial charge on any atom is 0.454 e. The standard InChI is InChI=1S/C20H21NO6/c1-2-9-18(22)27-21(19(23)25-14-16-10-5-3-6-11-16)20(24)26-15-17-12-7-4-8-13-17/h3-8,10-13H,2,9,14-15H2,1H3. The summed E-state index contributed by atoms with van der Waals surface area (Å²) in [7, 11) is 0. The number of ether oxygens (including phenoxy) is 2. The van der Waals surface area contributed by atoms with Crippen LogP contribution >= 0.6 is 0 Å². The molecule has 0 bridgehead atoms. The highest BCUT2D eigenvalue weighted by atomic mass is 16.8. The van der Waals surface area contributed by atoms with E-state index in [2.05, 4.69) is 0 Å². The Kier molecular flexibility index (Phi) is 7.84. The Morgan fingerprint density at radius 3 is 1.63 bits per heavy atom. The van der Waals surface area contributed by atoms with Gasteiger partial charge in [0, 0.05) is 6.42 Å². The lowest BCUT2D eigenvalue weighted by Crippen LogP contribution is -2.39. The fourth-order valence-corrected chi connectivity index (χ4v) is 2.06. The van der Waals surface area contributed by atoms with Crippen molar-refractivity contribution in [1.29, 1.82) is 0 Å². The van der Waals surface area contributed by atoms with Crippen LogP contribution < -0.4 is 0 Å². The van der Waals surface area contributed by atoms with Crippen molar-refractivity contribution in [2.24, 2.45) is 0 Å². The van der Waals surface area contributed by atoms with Gasteiger partial charge in [-0.25, -0.2) is 14.4 Å². The van der Waals surface area contributed by atoms with Gasteiger partial charge in [0.05, 0.1) is 0 Å². The summed E-state index contributed by atoms with van der Waals surface area (Å²) >= 11 is 0. The van der Waals surface area contributed by atoms with E-state index in [-0.39, 0.29) is 24.7 Å². The van der Waals surface area contributed by atoms with E-state index < -0.39 is 18.2 Å². The molecule has 0 unspecified atom stereocenters. The Bertz CT molecular complexity index is 692. The first-order valence-electron chi connectivity index (χ1n) is 8.52. The predicted octanol–water partition coefficient (Wildman–Crippen LogP) is 4.22. The molecule has 0 saturated carbocycles. The van der Waals surface area contributed by atoms with Crippen molar-refractivity contribution >= 4 is 18.2 Å². The van der Waals surface area contributed by atoms with E-state index in [0.29, 0.717) is 6.42 Å². The lowest BCUT2D eigenvalue weighted by Gasteiger charge is -2.18. The number of imide groups is 1. The molecule has 0 aromatic heterocycles. The summed E-state index contributed by atoms with van der Waals surface area (Å²) in [6.45, 7) is 1.62. The maximum atomic E-state index is 12.2. The number of benzene rings is 2. The second-order valence-electron chi connectivity index (χ2n) is 5.59. The molecule has 0 radical (unpaired) electrons. The Morgan fingerprint density at radius 2 is 1.22 bits per heavy atom. The van der Waals surface area contributed by atoms with Gasteiger partial charge in [0.1, 0.15) is 13.2 Å². The Hall–Kier alpha value is -3.35. The second-order valence-corrected chi connectivity index (χ2v) is 5.59. The molecule has 0 aliphatic carbocycles. The minimum absolute atomic E-state index is 0.0500. The normalized spacial score (nSPS) is 9.96. The average molecular weight is 371 g/mol. The Labute approximate surface area is 157 Å². The predicted molar refractivity (Wildman–Crippen MR) is 96.1 cm³/mol. The minimum atomic E-state index is -1.12. The lowest BCUT2D eigenvalue weighted by molar-refractivity contribution is -0.175. The topological polar surface area (TPSA) is 82.1 Å². The van der Waals surface area contributed by atoms with Gasteiger partial charge in [-0.3, -0.25) is 0 Å². The van der Waals surface area contributed by atoms with Gasteiger partial charge >= 0.3 is 18.2 Å². The number of hydrogen-bond acceptors (Lipinski definition) is 6. The molecule has 0 fully saturated rings. The van der Waals surface area contributed by atoms with E-state index >= 15 is 0 Å². The number of hydroxylamine groups is 2. The molecule has 2 aromatic carbocycles. The molecular weight excluding hydrogens is 350 g/mol. The number of hydrogen-bond donors (Lipinski definition) is 0. The van der Waals surface area contributed by atoms with Crippen LogP contribution in [-0.2, 0) is 32.3 Å². The van der Waals surface area contributed by atoms with E-state index in [1.54, 1.807) is 55.5 Å².